The Hall–Kier alpha value is -3.15. The number of aryl methyl sites for hydroxylation is 1. The van der Waals surface area contributed by atoms with Crippen molar-refractivity contribution in [3.05, 3.63) is 65.2 Å². The summed E-state index contributed by atoms with van der Waals surface area (Å²) in [6, 6.07) is 15.7. The number of likely N-dealkylation sites (N-methyl/N-ethyl adjacent to an activating group) is 1. The third kappa shape index (κ3) is 5.26. The molecule has 0 saturated carbocycles. The fourth-order valence-electron chi connectivity index (χ4n) is 3.74. The van der Waals surface area contributed by atoms with E-state index in [4.69, 9.17) is 0 Å². The van der Waals surface area contributed by atoms with Gasteiger partial charge >= 0.3 is 0 Å². The van der Waals surface area contributed by atoms with Crippen LogP contribution in [0.4, 0.5) is 5.69 Å². The minimum atomic E-state index is -0.397. The van der Waals surface area contributed by atoms with E-state index in [1.165, 1.54) is 10.5 Å². The molecule has 1 atom stereocenters. The number of amides is 3. The Morgan fingerprint density at radius 1 is 1.10 bits per heavy atom. The minimum absolute atomic E-state index is 0.00230. The van der Waals surface area contributed by atoms with Crippen molar-refractivity contribution in [1.82, 2.24) is 9.80 Å². The van der Waals surface area contributed by atoms with E-state index in [0.717, 1.165) is 23.2 Å². The van der Waals surface area contributed by atoms with E-state index in [1.807, 2.05) is 62.4 Å². The number of likely N-dealkylation sites (tertiary alicyclic amines) is 1. The molecular formula is C24H29N3O3. The van der Waals surface area contributed by atoms with Crippen molar-refractivity contribution in [2.75, 3.05) is 32.0 Å². The van der Waals surface area contributed by atoms with Crippen molar-refractivity contribution < 1.29 is 14.4 Å². The van der Waals surface area contributed by atoms with Crippen LogP contribution in [0.15, 0.2) is 48.5 Å². The maximum atomic E-state index is 12.8. The van der Waals surface area contributed by atoms with Gasteiger partial charge in [0.25, 0.3) is 0 Å². The van der Waals surface area contributed by atoms with E-state index in [2.05, 4.69) is 5.32 Å². The lowest BCUT2D eigenvalue weighted by Crippen LogP contribution is -2.39. The summed E-state index contributed by atoms with van der Waals surface area (Å²) in [7, 11) is 1.61. The zero-order valence-corrected chi connectivity index (χ0v) is 17.9. The van der Waals surface area contributed by atoms with Gasteiger partial charge in [0.15, 0.2) is 0 Å². The number of hydrogen-bond acceptors (Lipinski definition) is 3. The first-order valence-electron chi connectivity index (χ1n) is 10.3. The molecule has 0 spiro atoms. The molecule has 1 saturated heterocycles. The molecular weight excluding hydrogens is 378 g/mol. The summed E-state index contributed by atoms with van der Waals surface area (Å²) >= 11 is 0. The van der Waals surface area contributed by atoms with Crippen LogP contribution in [0, 0.1) is 19.8 Å². The number of benzene rings is 2. The first-order chi connectivity index (χ1) is 14.3. The molecule has 1 heterocycles. The highest BCUT2D eigenvalue weighted by Gasteiger charge is 2.35. The molecule has 1 aliphatic heterocycles. The highest BCUT2D eigenvalue weighted by molar-refractivity contribution is 5.96. The summed E-state index contributed by atoms with van der Waals surface area (Å²) in [6.07, 6.45) is 0.970. The SMILES string of the molecule is Cc1cccc(NC(=O)CN(C)C(=O)C2CC(=O)N(CCc3ccccc3)C2)c1C. The maximum absolute atomic E-state index is 12.8. The van der Waals surface area contributed by atoms with Gasteiger partial charge in [0, 0.05) is 32.2 Å². The molecule has 2 aromatic carbocycles. The lowest BCUT2D eigenvalue weighted by molar-refractivity contribution is -0.137. The van der Waals surface area contributed by atoms with Crippen molar-refractivity contribution in [1.29, 1.82) is 0 Å². The van der Waals surface area contributed by atoms with Gasteiger partial charge in [0.05, 0.1) is 12.5 Å². The molecule has 1 aliphatic rings. The summed E-state index contributed by atoms with van der Waals surface area (Å²) in [5, 5.41) is 2.87. The van der Waals surface area contributed by atoms with Crippen LogP contribution in [0.1, 0.15) is 23.1 Å². The molecule has 6 nitrogen and oxygen atoms in total. The van der Waals surface area contributed by atoms with E-state index in [9.17, 15) is 14.4 Å². The van der Waals surface area contributed by atoms with Gasteiger partial charge in [-0.1, -0.05) is 42.5 Å². The zero-order valence-electron chi connectivity index (χ0n) is 17.9. The van der Waals surface area contributed by atoms with E-state index >= 15 is 0 Å². The van der Waals surface area contributed by atoms with Crippen LogP contribution in [0.5, 0.6) is 0 Å². The van der Waals surface area contributed by atoms with Crippen LogP contribution in [0.3, 0.4) is 0 Å². The molecule has 2 aromatic rings. The number of anilines is 1. The monoisotopic (exact) mass is 407 g/mol. The predicted molar refractivity (Wildman–Crippen MR) is 117 cm³/mol. The summed E-state index contributed by atoms with van der Waals surface area (Å²) in [6.45, 7) is 4.91. The lowest BCUT2D eigenvalue weighted by atomic mass is 10.1. The molecule has 30 heavy (non-hydrogen) atoms. The summed E-state index contributed by atoms with van der Waals surface area (Å²) < 4.78 is 0. The van der Waals surface area contributed by atoms with Crippen molar-refractivity contribution >= 4 is 23.4 Å². The van der Waals surface area contributed by atoms with Gasteiger partial charge < -0.3 is 15.1 Å². The molecule has 0 radical (unpaired) electrons. The Bertz CT molecular complexity index is 927. The van der Waals surface area contributed by atoms with Crippen molar-refractivity contribution in [2.24, 2.45) is 5.92 Å². The number of carbonyl (C=O) groups excluding carboxylic acids is 3. The van der Waals surface area contributed by atoms with E-state index in [-0.39, 0.29) is 30.7 Å². The molecule has 3 rings (SSSR count). The Kier molecular flexibility index (Phi) is 6.87. The molecule has 1 fully saturated rings. The van der Waals surface area contributed by atoms with Crippen molar-refractivity contribution in [3.8, 4) is 0 Å². The van der Waals surface area contributed by atoms with Crippen molar-refractivity contribution in [3.63, 3.8) is 0 Å². The fourth-order valence-corrected chi connectivity index (χ4v) is 3.74. The van der Waals surface area contributed by atoms with Crippen LogP contribution in [-0.4, -0.2) is 54.2 Å². The number of hydrogen-bond donors (Lipinski definition) is 1. The molecule has 3 amide bonds. The van der Waals surface area contributed by atoms with Crippen LogP contribution in [-0.2, 0) is 20.8 Å². The predicted octanol–water partition coefficient (Wildman–Crippen LogP) is 2.79. The van der Waals surface area contributed by atoms with Crippen molar-refractivity contribution in [2.45, 2.75) is 26.7 Å². The number of rotatable bonds is 7. The van der Waals surface area contributed by atoms with E-state index < -0.39 is 5.92 Å². The average Bonchev–Trinajstić information content (AvgIpc) is 3.10. The second-order valence-corrected chi connectivity index (χ2v) is 7.97. The maximum Gasteiger partial charge on any atom is 0.243 e. The zero-order chi connectivity index (χ0) is 21.7. The average molecular weight is 408 g/mol. The Balaban J connectivity index is 1.51. The summed E-state index contributed by atoms with van der Waals surface area (Å²) in [4.78, 5) is 40.7. The molecule has 1 unspecified atom stereocenters. The van der Waals surface area contributed by atoms with E-state index in [0.29, 0.717) is 13.1 Å². The fraction of sp³-hybridized carbons (Fsp3) is 0.375. The van der Waals surface area contributed by atoms with Gasteiger partial charge in [-0.05, 0) is 43.0 Å². The third-order valence-corrected chi connectivity index (χ3v) is 5.71. The Morgan fingerprint density at radius 2 is 1.83 bits per heavy atom. The highest BCUT2D eigenvalue weighted by Crippen LogP contribution is 2.21. The number of carbonyl (C=O) groups is 3. The molecule has 0 aliphatic carbocycles. The van der Waals surface area contributed by atoms with Crippen LogP contribution in [0.2, 0.25) is 0 Å². The second-order valence-electron chi connectivity index (χ2n) is 7.97. The topological polar surface area (TPSA) is 69.7 Å². The molecule has 158 valence electrons. The van der Waals surface area contributed by atoms with Gasteiger partial charge in [-0.15, -0.1) is 0 Å². The first kappa shape index (κ1) is 21.6. The molecule has 6 heteroatoms. The van der Waals surface area contributed by atoms with Gasteiger partial charge in [-0.25, -0.2) is 0 Å². The Morgan fingerprint density at radius 3 is 2.57 bits per heavy atom. The number of nitrogens with zero attached hydrogens (tertiary/aromatic N) is 2. The third-order valence-electron chi connectivity index (χ3n) is 5.71. The minimum Gasteiger partial charge on any atom is -0.342 e. The van der Waals surface area contributed by atoms with Crippen LogP contribution < -0.4 is 5.32 Å². The van der Waals surface area contributed by atoms with E-state index in [1.54, 1.807) is 11.9 Å². The van der Waals surface area contributed by atoms with Gasteiger partial charge in [-0.3, -0.25) is 14.4 Å². The Labute approximate surface area is 177 Å². The molecule has 0 bridgehead atoms. The second kappa shape index (κ2) is 9.57. The summed E-state index contributed by atoms with van der Waals surface area (Å²) in [5.74, 6) is -0.809. The summed E-state index contributed by atoms with van der Waals surface area (Å²) in [5.41, 5.74) is 4.02. The largest absolute Gasteiger partial charge is 0.342 e. The van der Waals surface area contributed by atoms with Gasteiger partial charge in [-0.2, -0.15) is 0 Å². The first-order valence-corrected chi connectivity index (χ1v) is 10.3. The highest BCUT2D eigenvalue weighted by atomic mass is 16.2. The smallest absolute Gasteiger partial charge is 0.243 e. The molecule has 0 aromatic heterocycles. The van der Waals surface area contributed by atoms with Gasteiger partial charge in [0.2, 0.25) is 17.7 Å². The molecule has 1 N–H and O–H groups in total. The van der Waals surface area contributed by atoms with Gasteiger partial charge in [0.1, 0.15) is 0 Å². The van der Waals surface area contributed by atoms with Crippen LogP contribution in [0.25, 0.3) is 0 Å². The quantitative estimate of drug-likeness (QED) is 0.767. The standard InChI is InChI=1S/C24H29N3O3/c1-17-8-7-11-21(18(17)2)25-22(28)16-26(3)24(30)20-14-23(29)27(15-20)13-12-19-9-5-4-6-10-19/h4-11,20H,12-16H2,1-3H3,(H,25,28). The van der Waals surface area contributed by atoms with Crippen LogP contribution >= 0.6 is 0 Å². The number of nitrogens with one attached hydrogen (secondary N) is 1. The normalized spacial score (nSPS) is 15.9. The lowest BCUT2D eigenvalue weighted by Gasteiger charge is -2.21.